The first-order valence-corrected chi connectivity index (χ1v) is 5.32. The number of anilines is 1. The van der Waals surface area contributed by atoms with Crippen LogP contribution in [0, 0.1) is 6.92 Å². The summed E-state index contributed by atoms with van der Waals surface area (Å²) in [6.45, 7) is 8.27. The topological polar surface area (TPSA) is 41.0 Å². The largest absolute Gasteiger partial charge is 0.369 e. The standard InChI is InChI=1S/C11H20N4/c1-9(2)15(4)6-5-12-11-7-10(3)13-8-14-11/h7-9H,5-6H2,1-4H3,(H,12,13,14). The molecule has 4 nitrogen and oxygen atoms in total. The van der Waals surface area contributed by atoms with E-state index in [1.165, 1.54) is 0 Å². The third kappa shape index (κ3) is 4.25. The first-order valence-electron chi connectivity index (χ1n) is 5.32. The number of aryl methyl sites for hydroxylation is 1. The zero-order valence-corrected chi connectivity index (χ0v) is 9.99. The third-order valence-electron chi connectivity index (χ3n) is 2.46. The molecule has 0 aliphatic rings. The molecule has 0 fully saturated rings. The van der Waals surface area contributed by atoms with Crippen LogP contribution in [0.2, 0.25) is 0 Å². The Morgan fingerprint density at radius 1 is 1.40 bits per heavy atom. The van der Waals surface area contributed by atoms with Crippen molar-refractivity contribution in [2.24, 2.45) is 0 Å². The molecule has 4 heteroatoms. The van der Waals surface area contributed by atoms with Gasteiger partial charge in [-0.1, -0.05) is 0 Å². The first kappa shape index (κ1) is 11.9. The summed E-state index contributed by atoms with van der Waals surface area (Å²) in [5.41, 5.74) is 0.990. The highest BCUT2D eigenvalue weighted by atomic mass is 15.1. The molecule has 0 bridgehead atoms. The zero-order valence-electron chi connectivity index (χ0n) is 9.99. The number of likely N-dealkylation sites (N-methyl/N-ethyl adjacent to an activating group) is 1. The van der Waals surface area contributed by atoms with Crippen molar-refractivity contribution in [3.8, 4) is 0 Å². The van der Waals surface area contributed by atoms with E-state index in [2.05, 4.69) is 41.1 Å². The Bertz CT molecular complexity index is 298. The van der Waals surface area contributed by atoms with Gasteiger partial charge < -0.3 is 10.2 Å². The minimum atomic E-state index is 0.582. The molecule has 0 saturated carbocycles. The molecule has 1 aromatic rings. The second kappa shape index (κ2) is 5.66. The van der Waals surface area contributed by atoms with E-state index in [0.29, 0.717) is 6.04 Å². The van der Waals surface area contributed by atoms with Crippen molar-refractivity contribution >= 4 is 5.82 Å². The molecule has 0 saturated heterocycles. The van der Waals surface area contributed by atoms with Crippen LogP contribution in [0.25, 0.3) is 0 Å². The van der Waals surface area contributed by atoms with Gasteiger partial charge in [-0.15, -0.1) is 0 Å². The zero-order chi connectivity index (χ0) is 11.3. The number of aromatic nitrogens is 2. The van der Waals surface area contributed by atoms with E-state index in [-0.39, 0.29) is 0 Å². The van der Waals surface area contributed by atoms with E-state index in [1.807, 2.05) is 13.0 Å². The summed E-state index contributed by atoms with van der Waals surface area (Å²) >= 11 is 0. The van der Waals surface area contributed by atoms with Crippen molar-refractivity contribution < 1.29 is 0 Å². The summed E-state index contributed by atoms with van der Waals surface area (Å²) in [6.07, 6.45) is 1.59. The van der Waals surface area contributed by atoms with Gasteiger partial charge in [-0.05, 0) is 27.8 Å². The fourth-order valence-corrected chi connectivity index (χ4v) is 1.17. The number of hydrogen-bond acceptors (Lipinski definition) is 4. The Labute approximate surface area is 91.7 Å². The Hall–Kier alpha value is -1.16. The molecule has 84 valence electrons. The van der Waals surface area contributed by atoms with Crippen molar-refractivity contribution in [1.29, 1.82) is 0 Å². The molecule has 0 aromatic carbocycles. The molecule has 0 amide bonds. The highest BCUT2D eigenvalue weighted by molar-refractivity contribution is 5.34. The molecular formula is C11H20N4. The summed E-state index contributed by atoms with van der Waals surface area (Å²) in [6, 6.07) is 2.54. The molecule has 0 spiro atoms. The predicted molar refractivity (Wildman–Crippen MR) is 63.0 cm³/mol. The fraction of sp³-hybridized carbons (Fsp3) is 0.636. The monoisotopic (exact) mass is 208 g/mol. The maximum Gasteiger partial charge on any atom is 0.129 e. The lowest BCUT2D eigenvalue weighted by Gasteiger charge is -2.20. The Balaban J connectivity index is 2.32. The van der Waals surface area contributed by atoms with Gasteiger partial charge >= 0.3 is 0 Å². The SMILES string of the molecule is Cc1cc(NCCN(C)C(C)C)ncn1. The third-order valence-corrected chi connectivity index (χ3v) is 2.46. The minimum absolute atomic E-state index is 0.582. The summed E-state index contributed by atoms with van der Waals surface area (Å²) in [5.74, 6) is 0.902. The van der Waals surface area contributed by atoms with Gasteiger partial charge in [-0.3, -0.25) is 0 Å². The van der Waals surface area contributed by atoms with Crippen molar-refractivity contribution in [1.82, 2.24) is 14.9 Å². The van der Waals surface area contributed by atoms with Crippen LogP contribution in [0.4, 0.5) is 5.82 Å². The van der Waals surface area contributed by atoms with Gasteiger partial charge in [-0.2, -0.15) is 0 Å². The van der Waals surface area contributed by atoms with Gasteiger partial charge in [0.1, 0.15) is 12.1 Å². The lowest BCUT2D eigenvalue weighted by atomic mass is 10.3. The van der Waals surface area contributed by atoms with Crippen molar-refractivity contribution in [2.75, 3.05) is 25.5 Å². The number of nitrogens with zero attached hydrogens (tertiary/aromatic N) is 3. The summed E-state index contributed by atoms with van der Waals surface area (Å²) < 4.78 is 0. The van der Waals surface area contributed by atoms with Crippen molar-refractivity contribution in [2.45, 2.75) is 26.8 Å². The van der Waals surface area contributed by atoms with Gasteiger partial charge in [0.05, 0.1) is 0 Å². The quantitative estimate of drug-likeness (QED) is 0.797. The van der Waals surface area contributed by atoms with Gasteiger partial charge in [0.15, 0.2) is 0 Å². The fourth-order valence-electron chi connectivity index (χ4n) is 1.17. The molecule has 1 heterocycles. The average Bonchev–Trinajstić information content (AvgIpc) is 2.17. The lowest BCUT2D eigenvalue weighted by molar-refractivity contribution is 0.284. The summed E-state index contributed by atoms with van der Waals surface area (Å²) in [4.78, 5) is 10.5. The van der Waals surface area contributed by atoms with Crippen LogP contribution in [0.3, 0.4) is 0 Å². The van der Waals surface area contributed by atoms with Crippen molar-refractivity contribution in [3.05, 3.63) is 18.1 Å². The molecule has 15 heavy (non-hydrogen) atoms. The molecule has 0 atom stereocenters. The van der Waals surface area contributed by atoms with E-state index in [9.17, 15) is 0 Å². The molecule has 0 aliphatic heterocycles. The maximum atomic E-state index is 4.14. The van der Waals surface area contributed by atoms with E-state index in [0.717, 1.165) is 24.6 Å². The first-order chi connectivity index (χ1) is 7.09. The molecule has 0 unspecified atom stereocenters. The van der Waals surface area contributed by atoms with E-state index >= 15 is 0 Å². The molecule has 0 aliphatic carbocycles. The highest BCUT2D eigenvalue weighted by Gasteiger charge is 2.02. The van der Waals surface area contributed by atoms with Crippen molar-refractivity contribution in [3.63, 3.8) is 0 Å². The minimum Gasteiger partial charge on any atom is -0.369 e. The highest BCUT2D eigenvalue weighted by Crippen LogP contribution is 2.02. The summed E-state index contributed by atoms with van der Waals surface area (Å²) in [7, 11) is 2.12. The number of nitrogens with one attached hydrogen (secondary N) is 1. The molecule has 0 radical (unpaired) electrons. The normalized spacial score (nSPS) is 11.1. The lowest BCUT2D eigenvalue weighted by Crippen LogP contribution is -2.31. The molecule has 1 rings (SSSR count). The predicted octanol–water partition coefficient (Wildman–Crippen LogP) is 1.54. The average molecular weight is 208 g/mol. The summed E-state index contributed by atoms with van der Waals surface area (Å²) in [5, 5.41) is 3.28. The Morgan fingerprint density at radius 2 is 2.13 bits per heavy atom. The van der Waals surface area contributed by atoms with Crippen LogP contribution >= 0.6 is 0 Å². The van der Waals surface area contributed by atoms with E-state index in [1.54, 1.807) is 6.33 Å². The Kier molecular flexibility index (Phi) is 4.49. The molecule has 1 N–H and O–H groups in total. The van der Waals surface area contributed by atoms with Crippen LogP contribution in [0.5, 0.6) is 0 Å². The van der Waals surface area contributed by atoms with Crippen LogP contribution in [-0.4, -0.2) is 41.0 Å². The van der Waals surface area contributed by atoms with Crippen LogP contribution in [-0.2, 0) is 0 Å². The second-order valence-electron chi connectivity index (χ2n) is 4.05. The second-order valence-corrected chi connectivity index (χ2v) is 4.05. The van der Waals surface area contributed by atoms with E-state index in [4.69, 9.17) is 0 Å². The smallest absolute Gasteiger partial charge is 0.129 e. The number of hydrogen-bond donors (Lipinski definition) is 1. The van der Waals surface area contributed by atoms with Gasteiger partial charge in [-0.25, -0.2) is 9.97 Å². The number of rotatable bonds is 5. The molecule has 1 aromatic heterocycles. The van der Waals surface area contributed by atoms with Gasteiger partial charge in [0.25, 0.3) is 0 Å². The van der Waals surface area contributed by atoms with Gasteiger partial charge in [0.2, 0.25) is 0 Å². The Morgan fingerprint density at radius 3 is 2.73 bits per heavy atom. The van der Waals surface area contributed by atoms with Crippen LogP contribution < -0.4 is 5.32 Å². The molecular weight excluding hydrogens is 188 g/mol. The van der Waals surface area contributed by atoms with E-state index < -0.39 is 0 Å². The maximum absolute atomic E-state index is 4.14. The van der Waals surface area contributed by atoms with Crippen LogP contribution in [0.1, 0.15) is 19.5 Å². The van der Waals surface area contributed by atoms with Crippen LogP contribution in [0.15, 0.2) is 12.4 Å². The van der Waals surface area contributed by atoms with Gasteiger partial charge in [0, 0.05) is 30.9 Å².